The number of methoxy groups -OCH3 is 1. The Morgan fingerprint density at radius 2 is 1.83 bits per heavy atom. The van der Waals surface area contributed by atoms with Gasteiger partial charge in [0.05, 0.1) is 19.2 Å². The summed E-state index contributed by atoms with van der Waals surface area (Å²) in [5.74, 6) is -0.0907. The van der Waals surface area contributed by atoms with Crippen LogP contribution in [0.1, 0.15) is 16.0 Å². The van der Waals surface area contributed by atoms with Gasteiger partial charge in [0.2, 0.25) is 0 Å². The van der Waals surface area contributed by atoms with E-state index in [1.165, 1.54) is 16.2 Å². The van der Waals surface area contributed by atoms with Gasteiger partial charge in [-0.15, -0.1) is 11.3 Å². The molecule has 1 aliphatic rings. The number of halogens is 1. The number of anilines is 1. The van der Waals surface area contributed by atoms with E-state index in [4.69, 9.17) is 16.3 Å². The number of amides is 2. The summed E-state index contributed by atoms with van der Waals surface area (Å²) in [6.07, 6.45) is 0. The molecule has 1 aromatic heterocycles. The largest absolute Gasteiger partial charge is 0.496 e. The molecule has 30 heavy (non-hydrogen) atoms. The van der Waals surface area contributed by atoms with E-state index in [1.807, 2.05) is 54.8 Å². The highest BCUT2D eigenvalue weighted by atomic mass is 35.5. The van der Waals surface area contributed by atoms with Crippen LogP contribution in [0.15, 0.2) is 65.7 Å². The second kappa shape index (κ2) is 8.34. The Hall–Kier alpha value is -3.09. The van der Waals surface area contributed by atoms with Crippen LogP contribution < -0.4 is 10.1 Å². The third-order valence-electron chi connectivity index (χ3n) is 4.98. The molecule has 0 unspecified atom stereocenters. The van der Waals surface area contributed by atoms with Gasteiger partial charge in [0, 0.05) is 21.2 Å². The van der Waals surface area contributed by atoms with Crippen molar-refractivity contribution in [1.82, 2.24) is 4.90 Å². The Kier molecular flexibility index (Phi) is 5.61. The van der Waals surface area contributed by atoms with Crippen LogP contribution >= 0.6 is 22.9 Å². The number of benzene rings is 2. The Bertz CT molecular complexity index is 1160. The average molecular weight is 439 g/mol. The second-order valence-corrected chi connectivity index (χ2v) is 8.13. The maximum atomic E-state index is 13.3. The smallest absolute Gasteiger partial charge is 0.278 e. The molecule has 3 aromatic rings. The van der Waals surface area contributed by atoms with Crippen LogP contribution in [0.25, 0.3) is 5.57 Å². The fourth-order valence-corrected chi connectivity index (χ4v) is 4.31. The molecule has 0 radical (unpaired) electrons. The Balaban J connectivity index is 1.74. The average Bonchev–Trinajstić information content (AvgIpc) is 3.35. The van der Waals surface area contributed by atoms with Crippen molar-refractivity contribution in [3.63, 3.8) is 0 Å². The highest BCUT2D eigenvalue weighted by Gasteiger charge is 2.40. The van der Waals surface area contributed by atoms with Crippen LogP contribution in [0.3, 0.4) is 0 Å². The third kappa shape index (κ3) is 3.60. The molecule has 5 nitrogen and oxygen atoms in total. The predicted octanol–water partition coefficient (Wildman–Crippen LogP) is 5.11. The number of ether oxygens (including phenoxy) is 1. The summed E-state index contributed by atoms with van der Waals surface area (Å²) in [6, 6.07) is 16.5. The van der Waals surface area contributed by atoms with Gasteiger partial charge in [0.25, 0.3) is 11.8 Å². The minimum atomic E-state index is -0.381. The van der Waals surface area contributed by atoms with Gasteiger partial charge in [-0.2, -0.15) is 0 Å². The van der Waals surface area contributed by atoms with Crippen molar-refractivity contribution in [2.24, 2.45) is 0 Å². The quantitative estimate of drug-likeness (QED) is 0.543. The molecule has 0 atom stereocenters. The highest BCUT2D eigenvalue weighted by Crippen LogP contribution is 2.35. The van der Waals surface area contributed by atoms with Gasteiger partial charge in [-0.3, -0.25) is 14.5 Å². The molecular formula is C23H19ClN2O3S. The van der Waals surface area contributed by atoms with Crippen LogP contribution in [-0.2, 0) is 16.1 Å². The predicted molar refractivity (Wildman–Crippen MR) is 120 cm³/mol. The van der Waals surface area contributed by atoms with Crippen molar-refractivity contribution < 1.29 is 14.3 Å². The van der Waals surface area contributed by atoms with Crippen molar-refractivity contribution in [2.45, 2.75) is 13.5 Å². The second-order valence-electron chi connectivity index (χ2n) is 6.77. The summed E-state index contributed by atoms with van der Waals surface area (Å²) in [6.45, 7) is 1.99. The number of hydrogen-bond acceptors (Lipinski definition) is 5. The van der Waals surface area contributed by atoms with Crippen LogP contribution in [0.5, 0.6) is 5.75 Å². The first kappa shape index (κ1) is 20.2. The molecule has 2 amide bonds. The van der Waals surface area contributed by atoms with Crippen LogP contribution in [0.4, 0.5) is 5.69 Å². The fraction of sp³-hybridized carbons (Fsp3) is 0.130. The van der Waals surface area contributed by atoms with Crippen LogP contribution in [-0.4, -0.2) is 23.8 Å². The first-order chi connectivity index (χ1) is 14.5. The van der Waals surface area contributed by atoms with E-state index >= 15 is 0 Å². The molecule has 0 spiro atoms. The molecule has 152 valence electrons. The van der Waals surface area contributed by atoms with Crippen molar-refractivity contribution in [3.8, 4) is 5.75 Å². The van der Waals surface area contributed by atoms with E-state index in [1.54, 1.807) is 19.2 Å². The summed E-state index contributed by atoms with van der Waals surface area (Å²) in [5.41, 5.74) is 2.87. The lowest BCUT2D eigenvalue weighted by atomic mass is 10.1. The van der Waals surface area contributed by atoms with Gasteiger partial charge in [-0.1, -0.05) is 41.9 Å². The monoisotopic (exact) mass is 438 g/mol. The van der Waals surface area contributed by atoms with Crippen molar-refractivity contribution in [3.05, 3.63) is 86.7 Å². The number of para-hydroxylation sites is 1. The lowest BCUT2D eigenvalue weighted by Gasteiger charge is -2.17. The van der Waals surface area contributed by atoms with Gasteiger partial charge in [-0.25, -0.2) is 0 Å². The molecule has 2 aromatic carbocycles. The molecular weight excluding hydrogens is 420 g/mol. The maximum Gasteiger partial charge on any atom is 0.278 e. The van der Waals surface area contributed by atoms with E-state index in [9.17, 15) is 9.59 Å². The molecule has 4 rings (SSSR count). The summed E-state index contributed by atoms with van der Waals surface area (Å²) in [4.78, 5) is 28.6. The lowest BCUT2D eigenvalue weighted by molar-refractivity contribution is -0.137. The molecule has 0 saturated heterocycles. The van der Waals surface area contributed by atoms with Gasteiger partial charge in [0.1, 0.15) is 11.4 Å². The van der Waals surface area contributed by atoms with Crippen LogP contribution in [0, 0.1) is 6.92 Å². The van der Waals surface area contributed by atoms with E-state index in [0.29, 0.717) is 22.0 Å². The first-order valence-corrected chi connectivity index (χ1v) is 10.6. The number of rotatable bonds is 6. The number of imide groups is 1. The normalized spacial score (nSPS) is 13.9. The highest BCUT2D eigenvalue weighted by molar-refractivity contribution is 7.11. The number of carbonyl (C=O) groups excluding carboxylic acids is 2. The summed E-state index contributed by atoms with van der Waals surface area (Å²) in [7, 11) is 1.57. The first-order valence-electron chi connectivity index (χ1n) is 9.29. The molecule has 2 heterocycles. The number of nitrogens with one attached hydrogen (secondary N) is 1. The lowest BCUT2D eigenvalue weighted by Crippen LogP contribution is -2.32. The van der Waals surface area contributed by atoms with Crippen molar-refractivity contribution in [1.29, 1.82) is 0 Å². The maximum absolute atomic E-state index is 13.3. The molecule has 1 N–H and O–H groups in total. The van der Waals surface area contributed by atoms with E-state index in [0.717, 1.165) is 16.0 Å². The summed E-state index contributed by atoms with van der Waals surface area (Å²) < 4.78 is 5.39. The molecule has 0 bridgehead atoms. The summed E-state index contributed by atoms with van der Waals surface area (Å²) in [5, 5.41) is 5.64. The van der Waals surface area contributed by atoms with E-state index in [2.05, 4.69) is 5.32 Å². The fourth-order valence-electron chi connectivity index (χ4n) is 3.37. The van der Waals surface area contributed by atoms with E-state index < -0.39 is 0 Å². The molecule has 0 fully saturated rings. The topological polar surface area (TPSA) is 58.6 Å². The third-order valence-corrected chi connectivity index (χ3v) is 6.28. The Labute approximate surface area is 183 Å². The van der Waals surface area contributed by atoms with Gasteiger partial charge in [0.15, 0.2) is 0 Å². The minimum absolute atomic E-state index is 0.121. The molecule has 0 saturated carbocycles. The number of hydrogen-bond donors (Lipinski definition) is 1. The van der Waals surface area contributed by atoms with Crippen LogP contribution in [0.2, 0.25) is 5.02 Å². The van der Waals surface area contributed by atoms with Crippen molar-refractivity contribution in [2.75, 3.05) is 12.4 Å². The number of carbonyl (C=O) groups is 2. The minimum Gasteiger partial charge on any atom is -0.496 e. The zero-order valence-electron chi connectivity index (χ0n) is 16.4. The number of nitrogens with zero attached hydrogens (tertiary/aromatic N) is 1. The standard InChI is InChI=1S/C23H19ClN2O3S/c1-14-16(24)8-5-9-17(14)25-21-20(19-11-6-12-30-19)22(27)26(23(21)28)13-15-7-3-4-10-18(15)29-2/h3-12,25H,13H2,1-2H3. The molecule has 7 heteroatoms. The van der Waals surface area contributed by atoms with Gasteiger partial charge >= 0.3 is 0 Å². The molecule has 0 aliphatic carbocycles. The number of thiophene rings is 1. The molecule has 1 aliphatic heterocycles. The zero-order chi connectivity index (χ0) is 21.3. The Morgan fingerprint density at radius 3 is 2.57 bits per heavy atom. The van der Waals surface area contributed by atoms with Crippen molar-refractivity contribution >= 4 is 46.0 Å². The van der Waals surface area contributed by atoms with Gasteiger partial charge < -0.3 is 10.1 Å². The van der Waals surface area contributed by atoms with Gasteiger partial charge in [-0.05, 0) is 42.1 Å². The Morgan fingerprint density at radius 1 is 1.03 bits per heavy atom. The van der Waals surface area contributed by atoms with E-state index in [-0.39, 0.29) is 24.1 Å². The summed E-state index contributed by atoms with van der Waals surface area (Å²) >= 11 is 7.65. The zero-order valence-corrected chi connectivity index (χ0v) is 18.0. The SMILES string of the molecule is COc1ccccc1CN1C(=O)C(Nc2cccc(Cl)c2C)=C(c2cccs2)C1=O.